The van der Waals surface area contributed by atoms with E-state index in [1.54, 1.807) is 0 Å². The lowest BCUT2D eigenvalue weighted by Crippen LogP contribution is -2.41. The molecule has 0 aliphatic heterocycles. The number of urea groups is 1. The minimum atomic E-state index is -2.60. The Kier molecular flexibility index (Phi) is 6.28. The van der Waals surface area contributed by atoms with Crippen LogP contribution in [0.25, 0.3) is 0 Å². The van der Waals surface area contributed by atoms with E-state index < -0.39 is 25.0 Å². The quantitative estimate of drug-likeness (QED) is 0.737. The van der Waals surface area contributed by atoms with Gasteiger partial charge in [0.05, 0.1) is 5.92 Å². The SMILES string of the molecule is O=C(Nc1cccc(OCC(F)F)n1)NC1CCC(C(=O)O)CC1. The fourth-order valence-corrected chi connectivity index (χ4v) is 2.54. The van der Waals surface area contributed by atoms with Crippen LogP contribution in [-0.2, 0) is 4.79 Å². The van der Waals surface area contributed by atoms with Crippen LogP contribution < -0.4 is 15.4 Å². The molecule has 132 valence electrons. The minimum absolute atomic E-state index is 0.00457. The molecular weight excluding hydrogens is 324 g/mol. The van der Waals surface area contributed by atoms with Gasteiger partial charge < -0.3 is 15.2 Å². The normalized spacial score (nSPS) is 20.5. The molecule has 1 aromatic heterocycles. The number of pyridine rings is 1. The molecule has 1 fully saturated rings. The molecule has 3 N–H and O–H groups in total. The summed E-state index contributed by atoms with van der Waals surface area (Å²) in [6.07, 6.45) is -0.372. The van der Waals surface area contributed by atoms with Crippen molar-refractivity contribution in [2.24, 2.45) is 5.92 Å². The second-order valence-corrected chi connectivity index (χ2v) is 5.55. The van der Waals surface area contributed by atoms with Crippen molar-refractivity contribution in [2.75, 3.05) is 11.9 Å². The summed E-state index contributed by atoms with van der Waals surface area (Å²) in [5.74, 6) is -0.979. The highest BCUT2D eigenvalue weighted by Crippen LogP contribution is 2.24. The number of aromatic nitrogens is 1. The number of ether oxygens (including phenoxy) is 1. The van der Waals surface area contributed by atoms with E-state index in [9.17, 15) is 18.4 Å². The molecule has 0 atom stereocenters. The topological polar surface area (TPSA) is 101 Å². The number of hydrogen-bond acceptors (Lipinski definition) is 4. The molecule has 9 heteroatoms. The lowest BCUT2D eigenvalue weighted by Gasteiger charge is -2.26. The molecule has 24 heavy (non-hydrogen) atoms. The number of nitrogens with one attached hydrogen (secondary N) is 2. The van der Waals surface area contributed by atoms with Crippen LogP contribution in [0.4, 0.5) is 19.4 Å². The molecule has 0 aromatic carbocycles. The van der Waals surface area contributed by atoms with Gasteiger partial charge in [-0.3, -0.25) is 10.1 Å². The number of anilines is 1. The molecular formula is C15H19F2N3O4. The summed E-state index contributed by atoms with van der Waals surface area (Å²) in [6, 6.07) is 3.88. The third-order valence-electron chi connectivity index (χ3n) is 3.73. The molecule has 0 saturated heterocycles. The average Bonchev–Trinajstić information content (AvgIpc) is 2.53. The number of alkyl halides is 2. The first-order valence-corrected chi connectivity index (χ1v) is 7.62. The number of amides is 2. The van der Waals surface area contributed by atoms with E-state index in [2.05, 4.69) is 15.6 Å². The van der Waals surface area contributed by atoms with E-state index in [0.29, 0.717) is 25.7 Å². The lowest BCUT2D eigenvalue weighted by molar-refractivity contribution is -0.142. The van der Waals surface area contributed by atoms with Crippen LogP contribution in [0.5, 0.6) is 5.88 Å². The second kappa shape index (κ2) is 8.42. The van der Waals surface area contributed by atoms with Gasteiger partial charge in [0.2, 0.25) is 5.88 Å². The molecule has 0 spiro atoms. The molecule has 1 saturated carbocycles. The molecule has 0 unspecified atom stereocenters. The summed E-state index contributed by atoms with van der Waals surface area (Å²) >= 11 is 0. The van der Waals surface area contributed by atoms with Gasteiger partial charge in [-0.05, 0) is 31.7 Å². The lowest BCUT2D eigenvalue weighted by atomic mass is 9.86. The summed E-state index contributed by atoms with van der Waals surface area (Å²) in [4.78, 5) is 26.7. The molecule has 1 aliphatic carbocycles. The third kappa shape index (κ3) is 5.64. The van der Waals surface area contributed by atoms with Crippen molar-refractivity contribution < 1.29 is 28.2 Å². The fraction of sp³-hybridized carbons (Fsp3) is 0.533. The van der Waals surface area contributed by atoms with Gasteiger partial charge in [0.25, 0.3) is 6.43 Å². The van der Waals surface area contributed by atoms with Crippen molar-refractivity contribution in [3.63, 3.8) is 0 Å². The van der Waals surface area contributed by atoms with Crippen molar-refractivity contribution in [2.45, 2.75) is 38.2 Å². The molecule has 1 heterocycles. The minimum Gasteiger partial charge on any atom is -0.481 e. The summed E-state index contributed by atoms with van der Waals surface area (Å²) in [5, 5.41) is 14.2. The van der Waals surface area contributed by atoms with E-state index in [-0.39, 0.29) is 23.7 Å². The molecule has 7 nitrogen and oxygen atoms in total. The van der Waals surface area contributed by atoms with E-state index in [1.165, 1.54) is 18.2 Å². The highest BCUT2D eigenvalue weighted by atomic mass is 19.3. The van der Waals surface area contributed by atoms with Gasteiger partial charge >= 0.3 is 12.0 Å². The third-order valence-corrected chi connectivity index (χ3v) is 3.73. The zero-order valence-electron chi connectivity index (χ0n) is 12.9. The maximum atomic E-state index is 12.1. The summed E-state index contributed by atoms with van der Waals surface area (Å²) in [6.45, 7) is -0.768. The highest BCUT2D eigenvalue weighted by molar-refractivity contribution is 5.88. The van der Waals surface area contributed by atoms with Crippen molar-refractivity contribution in [1.82, 2.24) is 10.3 Å². The molecule has 1 aromatic rings. The van der Waals surface area contributed by atoms with Crippen LogP contribution >= 0.6 is 0 Å². The largest absolute Gasteiger partial charge is 0.481 e. The first-order chi connectivity index (χ1) is 11.4. The van der Waals surface area contributed by atoms with E-state index >= 15 is 0 Å². The van der Waals surface area contributed by atoms with Gasteiger partial charge in [-0.15, -0.1) is 0 Å². The Morgan fingerprint density at radius 1 is 1.29 bits per heavy atom. The summed E-state index contributed by atoms with van der Waals surface area (Å²) in [7, 11) is 0. The number of carbonyl (C=O) groups is 2. The molecule has 0 bridgehead atoms. The van der Waals surface area contributed by atoms with Crippen molar-refractivity contribution in [3.05, 3.63) is 18.2 Å². The Morgan fingerprint density at radius 2 is 2.00 bits per heavy atom. The average molecular weight is 343 g/mol. The Bertz CT molecular complexity index is 578. The molecule has 1 aliphatic rings. The maximum Gasteiger partial charge on any atom is 0.320 e. The van der Waals surface area contributed by atoms with E-state index in [0.717, 1.165) is 0 Å². The summed E-state index contributed by atoms with van der Waals surface area (Å²) < 4.78 is 29.0. The highest BCUT2D eigenvalue weighted by Gasteiger charge is 2.26. The first kappa shape index (κ1) is 17.9. The van der Waals surface area contributed by atoms with Gasteiger partial charge in [-0.1, -0.05) is 6.07 Å². The van der Waals surface area contributed by atoms with E-state index in [1.807, 2.05) is 0 Å². The number of carboxylic acid groups (broad SMARTS) is 1. The number of halogens is 2. The number of aliphatic carboxylic acids is 1. The van der Waals surface area contributed by atoms with Crippen molar-refractivity contribution in [3.8, 4) is 5.88 Å². The first-order valence-electron chi connectivity index (χ1n) is 7.62. The van der Waals surface area contributed by atoms with Crippen LogP contribution in [-0.4, -0.2) is 41.2 Å². The Morgan fingerprint density at radius 3 is 2.62 bits per heavy atom. The van der Waals surface area contributed by atoms with Crippen LogP contribution in [0.3, 0.4) is 0 Å². The summed E-state index contributed by atoms with van der Waals surface area (Å²) in [5.41, 5.74) is 0. The number of nitrogens with zero attached hydrogens (tertiary/aromatic N) is 1. The predicted octanol–water partition coefficient (Wildman–Crippen LogP) is 2.49. The zero-order valence-corrected chi connectivity index (χ0v) is 12.9. The van der Waals surface area contributed by atoms with Crippen LogP contribution in [0, 0.1) is 5.92 Å². The molecule has 2 amide bonds. The molecule has 0 radical (unpaired) electrons. The number of carboxylic acids is 1. The smallest absolute Gasteiger partial charge is 0.320 e. The fourth-order valence-electron chi connectivity index (χ4n) is 2.54. The Hall–Kier alpha value is -2.45. The molecule has 2 rings (SSSR count). The van der Waals surface area contributed by atoms with Crippen molar-refractivity contribution in [1.29, 1.82) is 0 Å². The van der Waals surface area contributed by atoms with Crippen LogP contribution in [0.15, 0.2) is 18.2 Å². The number of rotatable bonds is 6. The van der Waals surface area contributed by atoms with Crippen LogP contribution in [0.2, 0.25) is 0 Å². The van der Waals surface area contributed by atoms with Gasteiger partial charge in [-0.25, -0.2) is 13.6 Å². The Labute approximate surface area is 137 Å². The Balaban J connectivity index is 1.80. The van der Waals surface area contributed by atoms with Gasteiger partial charge in [0.1, 0.15) is 5.82 Å². The number of hydrogen-bond donors (Lipinski definition) is 3. The monoisotopic (exact) mass is 343 g/mol. The van der Waals surface area contributed by atoms with E-state index in [4.69, 9.17) is 9.84 Å². The maximum absolute atomic E-state index is 12.1. The van der Waals surface area contributed by atoms with Gasteiger partial charge in [0.15, 0.2) is 6.61 Å². The zero-order chi connectivity index (χ0) is 17.5. The standard InChI is InChI=1S/C15H19F2N3O4/c16-11(17)8-24-13-3-1-2-12(19-13)20-15(23)18-10-6-4-9(5-7-10)14(21)22/h1-3,9-11H,4-8H2,(H,21,22)(H2,18,19,20,23). The van der Waals surface area contributed by atoms with Crippen molar-refractivity contribution >= 4 is 17.8 Å². The van der Waals surface area contributed by atoms with Gasteiger partial charge in [-0.2, -0.15) is 4.98 Å². The number of carbonyl (C=O) groups excluding carboxylic acids is 1. The second-order valence-electron chi connectivity index (χ2n) is 5.55. The predicted molar refractivity (Wildman–Crippen MR) is 81.3 cm³/mol. The van der Waals surface area contributed by atoms with Gasteiger partial charge in [0, 0.05) is 12.1 Å². The van der Waals surface area contributed by atoms with Crippen LogP contribution in [0.1, 0.15) is 25.7 Å².